The van der Waals surface area contributed by atoms with Crippen LogP contribution < -0.4 is 0 Å². The Morgan fingerprint density at radius 3 is 2.31 bits per heavy atom. The molecule has 1 unspecified atom stereocenters. The van der Waals surface area contributed by atoms with Gasteiger partial charge in [0.1, 0.15) is 6.17 Å². The van der Waals surface area contributed by atoms with E-state index in [0.717, 1.165) is 24.8 Å². The summed E-state index contributed by atoms with van der Waals surface area (Å²) in [6.07, 6.45) is 3.66. The molecule has 0 heterocycles. The van der Waals surface area contributed by atoms with Crippen LogP contribution in [0.4, 0.5) is 8.78 Å². The number of halogens is 2. The maximum Gasteiger partial charge on any atom is 0.104 e. The maximum absolute atomic E-state index is 13.5. The fraction of sp³-hybridized carbons (Fsp3) is 0.571. The molecule has 0 aliphatic rings. The van der Waals surface area contributed by atoms with Crippen LogP contribution in [0.15, 0.2) is 30.3 Å². The molecule has 0 aliphatic heterocycles. The van der Waals surface area contributed by atoms with E-state index in [1.54, 1.807) is 0 Å². The largest absolute Gasteiger partial charge is 0.251 e. The van der Waals surface area contributed by atoms with Gasteiger partial charge in [-0.05, 0) is 18.4 Å². The van der Waals surface area contributed by atoms with Crippen LogP contribution in [0.25, 0.3) is 0 Å². The number of alkyl halides is 2. The lowest BCUT2D eigenvalue weighted by molar-refractivity contribution is 0.302. The van der Waals surface area contributed by atoms with E-state index in [0.29, 0.717) is 19.3 Å². The minimum atomic E-state index is -0.757. The van der Waals surface area contributed by atoms with Crippen molar-refractivity contribution in [1.82, 2.24) is 0 Å². The van der Waals surface area contributed by atoms with E-state index in [-0.39, 0.29) is 6.67 Å². The Balaban J connectivity index is 2.09. The molecule has 16 heavy (non-hydrogen) atoms. The minimum Gasteiger partial charge on any atom is -0.251 e. The first kappa shape index (κ1) is 13.1. The first-order valence-electron chi connectivity index (χ1n) is 6.07. The fourth-order valence-electron chi connectivity index (χ4n) is 1.79. The lowest BCUT2D eigenvalue weighted by atomic mass is 10.0. The molecule has 0 saturated carbocycles. The predicted octanol–water partition coefficient (Wildman–Crippen LogP) is 4.49. The molecule has 0 amide bonds. The van der Waals surface area contributed by atoms with Gasteiger partial charge in [0.25, 0.3) is 0 Å². The molecule has 90 valence electrons. The third-order valence-corrected chi connectivity index (χ3v) is 2.70. The summed E-state index contributed by atoms with van der Waals surface area (Å²) in [5.41, 5.74) is 1.05. The van der Waals surface area contributed by atoms with Gasteiger partial charge in [0, 0.05) is 6.42 Å². The van der Waals surface area contributed by atoms with Crippen molar-refractivity contribution in [2.24, 2.45) is 0 Å². The molecule has 1 aromatic rings. The summed E-state index contributed by atoms with van der Waals surface area (Å²) in [4.78, 5) is 0. The van der Waals surface area contributed by atoms with E-state index < -0.39 is 6.17 Å². The highest BCUT2D eigenvalue weighted by Crippen LogP contribution is 2.13. The van der Waals surface area contributed by atoms with Crippen molar-refractivity contribution < 1.29 is 8.78 Å². The smallest absolute Gasteiger partial charge is 0.104 e. The molecule has 0 saturated heterocycles. The second-order valence-electron chi connectivity index (χ2n) is 4.18. The van der Waals surface area contributed by atoms with Crippen LogP contribution in [0.5, 0.6) is 0 Å². The van der Waals surface area contributed by atoms with Crippen molar-refractivity contribution >= 4 is 0 Å². The monoisotopic (exact) mass is 226 g/mol. The lowest BCUT2D eigenvalue weighted by Crippen LogP contribution is -2.04. The van der Waals surface area contributed by atoms with E-state index in [2.05, 4.69) is 0 Å². The Morgan fingerprint density at radius 2 is 1.62 bits per heavy atom. The van der Waals surface area contributed by atoms with Gasteiger partial charge in [-0.2, -0.15) is 0 Å². The molecule has 0 aromatic heterocycles. The molecule has 0 aliphatic carbocycles. The van der Waals surface area contributed by atoms with Crippen molar-refractivity contribution in [3.8, 4) is 0 Å². The Morgan fingerprint density at radius 1 is 0.938 bits per heavy atom. The molecule has 1 atom stereocenters. The third-order valence-electron chi connectivity index (χ3n) is 2.70. The molecule has 0 spiro atoms. The van der Waals surface area contributed by atoms with Crippen molar-refractivity contribution in [3.05, 3.63) is 35.9 Å². The summed E-state index contributed by atoms with van der Waals surface area (Å²) in [5, 5.41) is 0. The molecule has 0 fully saturated rings. The lowest BCUT2D eigenvalue weighted by Gasteiger charge is -2.07. The Bertz CT molecular complexity index is 259. The van der Waals surface area contributed by atoms with Crippen LogP contribution in [0.3, 0.4) is 0 Å². The highest BCUT2D eigenvalue weighted by atomic mass is 19.1. The Labute approximate surface area is 96.7 Å². The van der Waals surface area contributed by atoms with E-state index in [1.807, 2.05) is 30.3 Å². The fourth-order valence-corrected chi connectivity index (χ4v) is 1.79. The van der Waals surface area contributed by atoms with Gasteiger partial charge in [-0.3, -0.25) is 4.39 Å². The van der Waals surface area contributed by atoms with Crippen LogP contribution in [-0.2, 0) is 6.42 Å². The Kier molecular flexibility index (Phi) is 6.78. The first-order chi connectivity index (χ1) is 7.83. The van der Waals surface area contributed by atoms with Crippen molar-refractivity contribution in [1.29, 1.82) is 0 Å². The second-order valence-corrected chi connectivity index (χ2v) is 4.18. The zero-order valence-electron chi connectivity index (χ0n) is 9.67. The van der Waals surface area contributed by atoms with E-state index >= 15 is 0 Å². The van der Waals surface area contributed by atoms with Gasteiger partial charge in [0.05, 0.1) is 6.67 Å². The number of unbranched alkanes of at least 4 members (excludes halogenated alkanes) is 3. The SMILES string of the molecule is FCCCCCCC(F)Cc1ccccc1. The van der Waals surface area contributed by atoms with E-state index in [9.17, 15) is 8.78 Å². The van der Waals surface area contributed by atoms with Gasteiger partial charge in [0.15, 0.2) is 0 Å². The standard InChI is InChI=1S/C14H20F2/c15-11-7-2-1-6-10-14(16)12-13-8-4-3-5-9-13/h3-5,8-9,14H,1-2,6-7,10-12H2. The van der Waals surface area contributed by atoms with Gasteiger partial charge in [-0.25, -0.2) is 4.39 Å². The van der Waals surface area contributed by atoms with Crippen molar-refractivity contribution in [2.45, 2.75) is 44.7 Å². The normalized spacial score (nSPS) is 12.6. The minimum absolute atomic E-state index is 0.247. The highest BCUT2D eigenvalue weighted by Gasteiger charge is 2.06. The number of rotatable bonds is 8. The summed E-state index contributed by atoms with van der Waals surface area (Å²) in [6, 6.07) is 9.71. The van der Waals surface area contributed by atoms with Crippen molar-refractivity contribution in [3.63, 3.8) is 0 Å². The molecule has 0 bridgehead atoms. The van der Waals surface area contributed by atoms with Crippen LogP contribution in [0.1, 0.15) is 37.7 Å². The van der Waals surface area contributed by atoms with Gasteiger partial charge >= 0.3 is 0 Å². The van der Waals surface area contributed by atoms with Gasteiger partial charge in [-0.1, -0.05) is 49.6 Å². The van der Waals surface area contributed by atoms with Crippen LogP contribution in [0.2, 0.25) is 0 Å². The van der Waals surface area contributed by atoms with E-state index in [1.165, 1.54) is 0 Å². The average molecular weight is 226 g/mol. The van der Waals surface area contributed by atoms with Crippen molar-refractivity contribution in [2.75, 3.05) is 6.67 Å². The molecule has 0 radical (unpaired) electrons. The van der Waals surface area contributed by atoms with Crippen LogP contribution >= 0.6 is 0 Å². The average Bonchev–Trinajstić information content (AvgIpc) is 2.30. The van der Waals surface area contributed by atoms with Gasteiger partial charge in [0.2, 0.25) is 0 Å². The molecule has 0 nitrogen and oxygen atoms in total. The van der Waals surface area contributed by atoms with Gasteiger partial charge in [-0.15, -0.1) is 0 Å². The van der Waals surface area contributed by atoms with Gasteiger partial charge < -0.3 is 0 Å². The second kappa shape index (κ2) is 8.26. The first-order valence-corrected chi connectivity index (χ1v) is 6.07. The summed E-state index contributed by atoms with van der Waals surface area (Å²) in [5.74, 6) is 0. The summed E-state index contributed by atoms with van der Waals surface area (Å²) < 4.78 is 25.3. The summed E-state index contributed by atoms with van der Waals surface area (Å²) >= 11 is 0. The zero-order chi connectivity index (χ0) is 11.6. The number of hydrogen-bond acceptors (Lipinski definition) is 0. The molecular weight excluding hydrogens is 206 g/mol. The molecule has 2 heteroatoms. The third kappa shape index (κ3) is 5.84. The molecule has 1 aromatic carbocycles. The Hall–Kier alpha value is -0.920. The molecule has 0 N–H and O–H groups in total. The quantitative estimate of drug-likeness (QED) is 0.573. The van der Waals surface area contributed by atoms with Crippen LogP contribution in [0, 0.1) is 0 Å². The zero-order valence-corrected chi connectivity index (χ0v) is 9.67. The summed E-state index contributed by atoms with van der Waals surface area (Å²) in [6.45, 7) is -0.247. The maximum atomic E-state index is 13.5. The number of benzene rings is 1. The topological polar surface area (TPSA) is 0 Å². The highest BCUT2D eigenvalue weighted by molar-refractivity contribution is 5.15. The predicted molar refractivity (Wildman–Crippen MR) is 64.1 cm³/mol. The summed E-state index contributed by atoms with van der Waals surface area (Å²) in [7, 11) is 0. The number of hydrogen-bond donors (Lipinski definition) is 0. The van der Waals surface area contributed by atoms with E-state index in [4.69, 9.17) is 0 Å². The molecular formula is C14H20F2. The van der Waals surface area contributed by atoms with Crippen LogP contribution in [-0.4, -0.2) is 12.8 Å². The molecule has 1 rings (SSSR count).